The topological polar surface area (TPSA) is 60.4 Å². The summed E-state index contributed by atoms with van der Waals surface area (Å²) in [4.78, 5) is 43.1. The number of ketones is 3. The molecule has 0 bridgehead atoms. The maximum absolute atomic E-state index is 14.5. The fourth-order valence-electron chi connectivity index (χ4n) is 6.94. The number of halogens is 1. The molecule has 0 fully saturated rings. The van der Waals surface area contributed by atoms with Crippen LogP contribution in [0.2, 0.25) is 5.04 Å². The molecule has 2 atom stereocenters. The molecule has 0 amide bonds. The minimum Gasteiger partial charge on any atom is -0.537 e. The van der Waals surface area contributed by atoms with E-state index >= 15 is 0 Å². The first-order valence-corrected chi connectivity index (χ1v) is 17.3. The Kier molecular flexibility index (Phi) is 7.47. The summed E-state index contributed by atoms with van der Waals surface area (Å²) in [5.41, 5.74) is -0.459. The number of hydrogen-bond donors (Lipinski definition) is 0. The quantitative estimate of drug-likeness (QED) is 0.123. The second-order valence-electron chi connectivity index (χ2n) is 12.4. The first-order valence-electron chi connectivity index (χ1n) is 14.6. The zero-order valence-corrected chi connectivity index (χ0v) is 27.1. The smallest absolute Gasteiger partial charge is 0.319 e. The number of fused-ring (bicyclic) bond motifs is 2. The summed E-state index contributed by atoms with van der Waals surface area (Å²) in [6.07, 6.45) is 2.16. The van der Waals surface area contributed by atoms with Crippen molar-refractivity contribution < 1.29 is 18.8 Å². The number of hydrogen-bond acceptors (Lipinski definition) is 4. The molecule has 43 heavy (non-hydrogen) atoms. The number of carbonyl (C=O) groups excluding carboxylic acids is 3. The van der Waals surface area contributed by atoms with Gasteiger partial charge in [-0.3, -0.25) is 14.4 Å². The molecule has 4 nitrogen and oxygen atoms in total. The molecule has 216 valence electrons. The van der Waals surface area contributed by atoms with Gasteiger partial charge in [0.2, 0.25) is 0 Å². The van der Waals surface area contributed by atoms with Gasteiger partial charge in [-0.2, -0.15) is 0 Å². The summed E-state index contributed by atoms with van der Waals surface area (Å²) in [6.45, 7) is 6.61. The van der Waals surface area contributed by atoms with E-state index in [0.29, 0.717) is 26.9 Å². The normalized spacial score (nSPS) is 20.1. The Labute approximate surface area is 262 Å². The Hall–Kier alpha value is -3.87. The summed E-state index contributed by atoms with van der Waals surface area (Å²) in [7, 11) is -2.99. The molecule has 4 aromatic rings. The zero-order chi connectivity index (χ0) is 30.4. The standard InChI is InChI=1S/C37H33BrO4Si/c1-36(2,3)43(26-14-6-4-7-15-26,27-16-8-5-9-17-27)42-25-22-23-37(35(41)30-20-12-13-21-32(30)38)31(24-25)33(39)28-18-10-11-19-29(28)34(37)40/h4-22,31H,23-24H2,1-3H3/t31-,37+/m0/s1. The van der Waals surface area contributed by atoms with Gasteiger partial charge in [0.15, 0.2) is 17.3 Å². The third-order valence-electron chi connectivity index (χ3n) is 9.04. The SMILES string of the molecule is CC(C)(C)[Si](OC1=CC[C@]2(C(=O)c3ccccc3Br)C(=O)c3ccccc3C(=O)[C@@H]2C1)(c1ccccc1)c1ccccc1. The Balaban J connectivity index is 1.52. The predicted molar refractivity (Wildman–Crippen MR) is 176 cm³/mol. The predicted octanol–water partition coefficient (Wildman–Crippen LogP) is 7.57. The molecule has 2 aliphatic rings. The Morgan fingerprint density at radius 1 is 0.791 bits per heavy atom. The first-order chi connectivity index (χ1) is 20.6. The summed E-state index contributed by atoms with van der Waals surface area (Å²) in [5, 5.41) is 1.95. The fourth-order valence-corrected chi connectivity index (χ4v) is 11.9. The van der Waals surface area contributed by atoms with E-state index in [1.807, 2.05) is 48.5 Å². The molecule has 0 radical (unpaired) electrons. The molecule has 0 unspecified atom stereocenters. The van der Waals surface area contributed by atoms with Crippen LogP contribution in [0, 0.1) is 11.3 Å². The molecule has 6 rings (SSSR count). The number of allylic oxidation sites excluding steroid dienone is 2. The van der Waals surface area contributed by atoms with Crippen molar-refractivity contribution in [1.29, 1.82) is 0 Å². The van der Waals surface area contributed by atoms with E-state index < -0.39 is 19.7 Å². The minimum atomic E-state index is -2.99. The van der Waals surface area contributed by atoms with Crippen molar-refractivity contribution >= 4 is 52.0 Å². The third kappa shape index (κ3) is 4.59. The molecular weight excluding hydrogens is 616 g/mol. The summed E-state index contributed by atoms with van der Waals surface area (Å²) in [5.74, 6) is -1.04. The van der Waals surface area contributed by atoms with Crippen molar-refractivity contribution in [3.63, 3.8) is 0 Å². The van der Waals surface area contributed by atoms with Crippen LogP contribution < -0.4 is 10.4 Å². The van der Waals surface area contributed by atoms with Gasteiger partial charge in [-0.05, 0) is 34.0 Å². The zero-order valence-electron chi connectivity index (χ0n) is 24.5. The van der Waals surface area contributed by atoms with Gasteiger partial charge in [-0.15, -0.1) is 0 Å². The van der Waals surface area contributed by atoms with Crippen molar-refractivity contribution in [3.8, 4) is 0 Å². The highest BCUT2D eigenvalue weighted by Gasteiger charge is 2.60. The Morgan fingerprint density at radius 3 is 1.91 bits per heavy atom. The number of rotatable bonds is 6. The lowest BCUT2D eigenvalue weighted by atomic mass is 9.55. The van der Waals surface area contributed by atoms with E-state index in [9.17, 15) is 14.4 Å². The van der Waals surface area contributed by atoms with Gasteiger partial charge in [-0.25, -0.2) is 0 Å². The summed E-state index contributed by atoms with van der Waals surface area (Å²) < 4.78 is 7.91. The van der Waals surface area contributed by atoms with Crippen LogP contribution in [-0.4, -0.2) is 25.7 Å². The second kappa shape index (κ2) is 11.0. The molecule has 0 heterocycles. The first kappa shape index (κ1) is 29.2. The largest absolute Gasteiger partial charge is 0.537 e. The average Bonchev–Trinajstić information content (AvgIpc) is 3.02. The van der Waals surface area contributed by atoms with Crippen molar-refractivity contribution in [1.82, 2.24) is 0 Å². The van der Waals surface area contributed by atoms with Crippen LogP contribution in [0.4, 0.5) is 0 Å². The lowest BCUT2D eigenvalue weighted by molar-refractivity contribution is 0.0440. The molecule has 0 N–H and O–H groups in total. The summed E-state index contributed by atoms with van der Waals surface area (Å²) >= 11 is 3.52. The van der Waals surface area contributed by atoms with Crippen LogP contribution >= 0.6 is 15.9 Å². The number of carbonyl (C=O) groups is 3. The van der Waals surface area contributed by atoms with Crippen LogP contribution in [-0.2, 0) is 4.43 Å². The van der Waals surface area contributed by atoms with Gasteiger partial charge < -0.3 is 4.43 Å². The van der Waals surface area contributed by atoms with E-state index in [1.165, 1.54) is 0 Å². The molecule has 2 aliphatic carbocycles. The molecule has 0 aliphatic heterocycles. The molecule has 0 saturated heterocycles. The van der Waals surface area contributed by atoms with Crippen molar-refractivity contribution in [2.75, 3.05) is 0 Å². The van der Waals surface area contributed by atoms with Crippen molar-refractivity contribution in [2.45, 2.75) is 38.7 Å². The Morgan fingerprint density at radius 2 is 1.33 bits per heavy atom. The number of Topliss-reactive ketones (excluding diaryl/α,β-unsaturated/α-hetero) is 3. The minimum absolute atomic E-state index is 0.0876. The molecule has 0 spiro atoms. The van der Waals surface area contributed by atoms with E-state index in [0.717, 1.165) is 10.4 Å². The van der Waals surface area contributed by atoms with Gasteiger partial charge >= 0.3 is 8.32 Å². The van der Waals surface area contributed by atoms with Crippen molar-refractivity contribution in [3.05, 3.63) is 142 Å². The van der Waals surface area contributed by atoms with E-state index in [2.05, 4.69) is 61.0 Å². The fraction of sp³-hybridized carbons (Fsp3) is 0.216. The van der Waals surface area contributed by atoms with Gasteiger partial charge in [0.05, 0.1) is 5.76 Å². The highest BCUT2D eigenvalue weighted by atomic mass is 79.9. The van der Waals surface area contributed by atoms with E-state index in [4.69, 9.17) is 4.43 Å². The maximum atomic E-state index is 14.5. The lowest BCUT2D eigenvalue weighted by Crippen LogP contribution is -2.66. The highest BCUT2D eigenvalue weighted by Crippen LogP contribution is 2.52. The molecule has 6 heteroatoms. The van der Waals surface area contributed by atoms with Crippen LogP contribution in [0.15, 0.2) is 126 Å². The molecule has 0 aromatic heterocycles. The van der Waals surface area contributed by atoms with Crippen LogP contribution in [0.25, 0.3) is 0 Å². The Bertz CT molecular complexity index is 1720. The van der Waals surface area contributed by atoms with Crippen LogP contribution in [0.3, 0.4) is 0 Å². The summed E-state index contributed by atoms with van der Waals surface area (Å²) in [6, 6.07) is 34.6. The highest BCUT2D eigenvalue weighted by molar-refractivity contribution is 9.10. The molecular formula is C37H33BrO4Si. The van der Waals surface area contributed by atoms with Crippen LogP contribution in [0.5, 0.6) is 0 Å². The lowest BCUT2D eigenvalue weighted by Gasteiger charge is -2.47. The van der Waals surface area contributed by atoms with Crippen LogP contribution in [0.1, 0.15) is 64.7 Å². The third-order valence-corrected chi connectivity index (χ3v) is 14.7. The molecule has 4 aromatic carbocycles. The molecule has 0 saturated carbocycles. The maximum Gasteiger partial charge on any atom is 0.319 e. The monoisotopic (exact) mass is 648 g/mol. The van der Waals surface area contributed by atoms with Crippen molar-refractivity contribution in [2.24, 2.45) is 11.3 Å². The number of benzene rings is 4. The van der Waals surface area contributed by atoms with Gasteiger partial charge in [0.1, 0.15) is 5.41 Å². The van der Waals surface area contributed by atoms with Gasteiger partial charge in [0.25, 0.3) is 0 Å². The average molecular weight is 650 g/mol. The van der Waals surface area contributed by atoms with Gasteiger partial charge in [-0.1, -0.05) is 140 Å². The van der Waals surface area contributed by atoms with Gasteiger partial charge in [0, 0.05) is 33.5 Å². The second-order valence-corrected chi connectivity index (χ2v) is 17.5. The van der Waals surface area contributed by atoms with E-state index in [1.54, 1.807) is 42.5 Å². The van der Waals surface area contributed by atoms with E-state index in [-0.39, 0.29) is 35.2 Å².